The lowest BCUT2D eigenvalue weighted by Crippen LogP contribution is -2.40. The lowest BCUT2D eigenvalue weighted by molar-refractivity contribution is 0.0681. The van der Waals surface area contributed by atoms with E-state index >= 15 is 0 Å². The Kier molecular flexibility index (Phi) is 7.05. The van der Waals surface area contributed by atoms with Gasteiger partial charge < -0.3 is 20.1 Å². The average Bonchev–Trinajstić information content (AvgIpc) is 2.59. The first-order chi connectivity index (χ1) is 11.2. The molecule has 1 aliphatic heterocycles. The number of methoxy groups -OCH3 is 1. The van der Waals surface area contributed by atoms with Gasteiger partial charge in [-0.2, -0.15) is 11.8 Å². The molecule has 1 fully saturated rings. The van der Waals surface area contributed by atoms with Gasteiger partial charge in [-0.3, -0.25) is 4.79 Å². The van der Waals surface area contributed by atoms with Gasteiger partial charge in [-0.15, -0.1) is 0 Å². The van der Waals surface area contributed by atoms with Gasteiger partial charge in [0.05, 0.1) is 12.7 Å². The number of nitrogens with zero attached hydrogens (tertiary/aromatic N) is 1. The molecule has 1 aromatic rings. The fourth-order valence-corrected chi connectivity index (χ4v) is 3.63. The second-order valence-corrected chi connectivity index (χ2v) is 6.62. The number of carbonyl (C=O) groups is 1. The predicted molar refractivity (Wildman–Crippen MR) is 94.6 cm³/mol. The molecule has 1 unspecified atom stereocenters. The molecule has 0 saturated carbocycles. The number of carbonyl (C=O) groups excluding carboxylic acids is 1. The molecule has 23 heavy (non-hydrogen) atoms. The van der Waals surface area contributed by atoms with Gasteiger partial charge in [0.25, 0.3) is 5.91 Å². The zero-order chi connectivity index (χ0) is 16.7. The summed E-state index contributed by atoms with van der Waals surface area (Å²) in [6.45, 7) is 2.42. The minimum Gasteiger partial charge on any atom is -0.497 e. The molecule has 6 heteroatoms. The normalized spacial score (nSPS) is 17.9. The van der Waals surface area contributed by atoms with Crippen molar-refractivity contribution in [1.82, 2.24) is 4.90 Å². The Bertz CT molecular complexity index is 523. The SMILES string of the molecule is COc1ccc(C(=O)N2CCCC(CSC)C2)c(OCCN)c1. The first kappa shape index (κ1) is 17.9. The highest BCUT2D eigenvalue weighted by molar-refractivity contribution is 7.98. The summed E-state index contributed by atoms with van der Waals surface area (Å²) in [6, 6.07) is 5.34. The highest BCUT2D eigenvalue weighted by atomic mass is 32.2. The maximum atomic E-state index is 12.9. The van der Waals surface area contributed by atoms with E-state index in [9.17, 15) is 4.79 Å². The number of ether oxygens (including phenoxy) is 2. The van der Waals surface area contributed by atoms with Gasteiger partial charge in [0.1, 0.15) is 18.1 Å². The quantitative estimate of drug-likeness (QED) is 0.826. The molecule has 2 N–H and O–H groups in total. The van der Waals surface area contributed by atoms with E-state index in [0.29, 0.717) is 36.1 Å². The van der Waals surface area contributed by atoms with Gasteiger partial charge in [0.2, 0.25) is 0 Å². The van der Waals surface area contributed by atoms with Gasteiger partial charge in [0.15, 0.2) is 0 Å². The van der Waals surface area contributed by atoms with Crippen molar-refractivity contribution in [1.29, 1.82) is 0 Å². The number of thioether (sulfide) groups is 1. The van der Waals surface area contributed by atoms with Gasteiger partial charge in [0, 0.05) is 25.7 Å². The molecule has 0 aliphatic carbocycles. The largest absolute Gasteiger partial charge is 0.497 e. The molecule has 1 atom stereocenters. The van der Waals surface area contributed by atoms with Crippen molar-refractivity contribution in [2.24, 2.45) is 11.7 Å². The van der Waals surface area contributed by atoms with Crippen LogP contribution in [0.15, 0.2) is 18.2 Å². The van der Waals surface area contributed by atoms with E-state index in [2.05, 4.69) is 6.26 Å². The predicted octanol–water partition coefficient (Wildman–Crippen LogP) is 2.25. The van der Waals surface area contributed by atoms with Crippen LogP contribution in [0, 0.1) is 5.92 Å². The lowest BCUT2D eigenvalue weighted by atomic mass is 9.99. The third kappa shape index (κ3) is 4.78. The summed E-state index contributed by atoms with van der Waals surface area (Å²) in [5.74, 6) is 2.93. The molecular formula is C17H26N2O3S. The van der Waals surface area contributed by atoms with E-state index < -0.39 is 0 Å². The Morgan fingerprint density at radius 3 is 3.00 bits per heavy atom. The molecule has 1 heterocycles. The standard InChI is InChI=1S/C17H26N2O3S/c1-21-14-5-6-15(16(10-14)22-9-7-18)17(20)19-8-3-4-13(11-19)12-23-2/h5-6,10,13H,3-4,7-9,11-12,18H2,1-2H3. The maximum absolute atomic E-state index is 12.9. The second kappa shape index (κ2) is 9.03. The summed E-state index contributed by atoms with van der Waals surface area (Å²) in [4.78, 5) is 14.8. The Morgan fingerprint density at radius 2 is 2.30 bits per heavy atom. The van der Waals surface area contributed by atoms with Gasteiger partial charge >= 0.3 is 0 Å². The molecule has 2 rings (SSSR count). The lowest BCUT2D eigenvalue weighted by Gasteiger charge is -2.33. The molecule has 1 amide bonds. The van der Waals surface area contributed by atoms with E-state index in [1.165, 1.54) is 6.42 Å². The number of likely N-dealkylation sites (tertiary alicyclic amines) is 1. The number of hydrogen-bond acceptors (Lipinski definition) is 5. The molecule has 1 aliphatic rings. The molecule has 5 nitrogen and oxygen atoms in total. The summed E-state index contributed by atoms with van der Waals surface area (Å²) in [5, 5.41) is 0. The zero-order valence-corrected chi connectivity index (χ0v) is 14.7. The Hall–Kier alpha value is -1.40. The molecule has 0 bridgehead atoms. The minimum atomic E-state index is 0.0328. The number of nitrogens with two attached hydrogens (primary N) is 1. The zero-order valence-electron chi connectivity index (χ0n) is 13.9. The van der Waals surface area contributed by atoms with E-state index in [1.807, 2.05) is 16.7 Å². The maximum Gasteiger partial charge on any atom is 0.257 e. The summed E-state index contributed by atoms with van der Waals surface area (Å²) in [7, 11) is 1.60. The van der Waals surface area contributed by atoms with Crippen molar-refractivity contribution < 1.29 is 14.3 Å². The summed E-state index contributed by atoms with van der Waals surface area (Å²) in [6.07, 6.45) is 4.37. The average molecular weight is 338 g/mol. The van der Waals surface area contributed by atoms with Crippen LogP contribution in [0.5, 0.6) is 11.5 Å². The number of hydrogen-bond donors (Lipinski definition) is 1. The first-order valence-electron chi connectivity index (χ1n) is 7.98. The first-order valence-corrected chi connectivity index (χ1v) is 9.38. The van der Waals surface area contributed by atoms with Crippen molar-refractivity contribution >= 4 is 17.7 Å². The Balaban J connectivity index is 2.16. The highest BCUT2D eigenvalue weighted by Gasteiger charge is 2.26. The second-order valence-electron chi connectivity index (χ2n) is 5.71. The van der Waals surface area contributed by atoms with Crippen molar-refractivity contribution in [2.75, 3.05) is 45.4 Å². The van der Waals surface area contributed by atoms with E-state index in [0.717, 1.165) is 25.3 Å². The molecule has 0 aromatic heterocycles. The van der Waals surface area contributed by atoms with Crippen LogP contribution in [0.3, 0.4) is 0 Å². The fourth-order valence-electron chi connectivity index (χ4n) is 2.89. The van der Waals surface area contributed by atoms with Crippen molar-refractivity contribution in [3.63, 3.8) is 0 Å². The van der Waals surface area contributed by atoms with Crippen LogP contribution in [0.4, 0.5) is 0 Å². The number of benzene rings is 1. The van der Waals surface area contributed by atoms with Gasteiger partial charge in [-0.05, 0) is 42.9 Å². The third-order valence-electron chi connectivity index (χ3n) is 4.00. The van der Waals surface area contributed by atoms with Crippen LogP contribution in [0.25, 0.3) is 0 Å². The Labute approximate surface area is 142 Å². The molecule has 0 spiro atoms. The number of amides is 1. The Morgan fingerprint density at radius 1 is 1.48 bits per heavy atom. The molecule has 0 radical (unpaired) electrons. The fraction of sp³-hybridized carbons (Fsp3) is 0.588. The van der Waals surface area contributed by atoms with E-state index in [4.69, 9.17) is 15.2 Å². The van der Waals surface area contributed by atoms with E-state index in [1.54, 1.807) is 25.3 Å². The summed E-state index contributed by atoms with van der Waals surface area (Å²) >= 11 is 1.84. The van der Waals surface area contributed by atoms with Crippen LogP contribution in [-0.2, 0) is 0 Å². The van der Waals surface area contributed by atoms with Crippen molar-refractivity contribution in [3.8, 4) is 11.5 Å². The summed E-state index contributed by atoms with van der Waals surface area (Å²) in [5.41, 5.74) is 6.10. The summed E-state index contributed by atoms with van der Waals surface area (Å²) < 4.78 is 10.9. The van der Waals surface area contributed by atoms with Crippen molar-refractivity contribution in [3.05, 3.63) is 23.8 Å². The van der Waals surface area contributed by atoms with Gasteiger partial charge in [-0.25, -0.2) is 0 Å². The number of rotatable bonds is 7. The van der Waals surface area contributed by atoms with Crippen LogP contribution >= 0.6 is 11.8 Å². The van der Waals surface area contributed by atoms with Crippen molar-refractivity contribution in [2.45, 2.75) is 12.8 Å². The molecular weight excluding hydrogens is 312 g/mol. The van der Waals surface area contributed by atoms with Crippen LogP contribution in [0.1, 0.15) is 23.2 Å². The van der Waals surface area contributed by atoms with Crippen LogP contribution in [-0.4, -0.2) is 56.2 Å². The van der Waals surface area contributed by atoms with Crippen LogP contribution < -0.4 is 15.2 Å². The monoisotopic (exact) mass is 338 g/mol. The molecule has 128 valence electrons. The highest BCUT2D eigenvalue weighted by Crippen LogP contribution is 2.28. The van der Waals surface area contributed by atoms with Crippen LogP contribution in [0.2, 0.25) is 0 Å². The minimum absolute atomic E-state index is 0.0328. The third-order valence-corrected chi connectivity index (χ3v) is 4.81. The smallest absolute Gasteiger partial charge is 0.257 e. The van der Waals surface area contributed by atoms with E-state index in [-0.39, 0.29) is 5.91 Å². The molecule has 1 saturated heterocycles. The number of piperidine rings is 1. The van der Waals surface area contributed by atoms with Gasteiger partial charge in [-0.1, -0.05) is 0 Å². The molecule has 1 aromatic carbocycles. The topological polar surface area (TPSA) is 64.8 Å².